The molecule has 2 heterocycles. The van der Waals surface area contributed by atoms with Crippen LogP contribution in [0.5, 0.6) is 0 Å². The van der Waals surface area contributed by atoms with E-state index in [1.54, 1.807) is 32.3 Å². The van der Waals surface area contributed by atoms with Gasteiger partial charge in [0.1, 0.15) is 0 Å². The highest BCUT2D eigenvalue weighted by atomic mass is 35.5. The van der Waals surface area contributed by atoms with Gasteiger partial charge in [-0.3, -0.25) is 13.9 Å². The molecular formula is C15H13Cl2N5O2. The van der Waals surface area contributed by atoms with Gasteiger partial charge in [-0.15, -0.1) is 0 Å². The van der Waals surface area contributed by atoms with Crippen molar-refractivity contribution in [3.8, 4) is 0 Å². The van der Waals surface area contributed by atoms with E-state index in [-0.39, 0.29) is 17.1 Å². The molecule has 0 amide bonds. The van der Waals surface area contributed by atoms with E-state index >= 15 is 0 Å². The van der Waals surface area contributed by atoms with Crippen LogP contribution in [0.1, 0.15) is 5.56 Å². The van der Waals surface area contributed by atoms with Crippen LogP contribution in [0.3, 0.4) is 0 Å². The van der Waals surface area contributed by atoms with Gasteiger partial charge in [0.25, 0.3) is 5.56 Å². The number of hydrogen-bond acceptors (Lipinski definition) is 4. The van der Waals surface area contributed by atoms with Gasteiger partial charge in [-0.2, -0.15) is 4.98 Å². The zero-order valence-corrected chi connectivity index (χ0v) is 14.6. The van der Waals surface area contributed by atoms with Crippen molar-refractivity contribution in [2.24, 2.45) is 26.1 Å². The maximum Gasteiger partial charge on any atom is 0.332 e. The van der Waals surface area contributed by atoms with E-state index in [4.69, 9.17) is 23.2 Å². The molecule has 3 rings (SSSR count). The zero-order valence-electron chi connectivity index (χ0n) is 13.1. The molecule has 1 aromatic carbocycles. The highest BCUT2D eigenvalue weighted by molar-refractivity contribution is 6.38. The smallest absolute Gasteiger partial charge is 0.306 e. The summed E-state index contributed by atoms with van der Waals surface area (Å²) < 4.78 is 3.86. The summed E-state index contributed by atoms with van der Waals surface area (Å²) in [6, 6.07) is 5.13. The largest absolute Gasteiger partial charge is 0.332 e. The second-order valence-corrected chi connectivity index (χ2v) is 6.06. The van der Waals surface area contributed by atoms with Crippen LogP contribution in [0.2, 0.25) is 10.0 Å². The molecule has 7 nitrogen and oxygen atoms in total. The van der Waals surface area contributed by atoms with Crippen molar-refractivity contribution < 1.29 is 0 Å². The van der Waals surface area contributed by atoms with E-state index in [1.165, 1.54) is 22.4 Å². The number of nitrogens with zero attached hydrogens (tertiary/aromatic N) is 5. The van der Waals surface area contributed by atoms with Crippen molar-refractivity contribution in [2.75, 3.05) is 0 Å². The summed E-state index contributed by atoms with van der Waals surface area (Å²) in [5, 5.41) is 0.904. The molecule has 0 saturated heterocycles. The topological polar surface area (TPSA) is 74.2 Å². The number of aliphatic imine (C=N–C) groups is 1. The van der Waals surface area contributed by atoms with Crippen molar-refractivity contribution in [1.29, 1.82) is 0 Å². The number of aromatic nitrogens is 4. The molecule has 0 unspecified atom stereocenters. The number of halogens is 2. The maximum atomic E-state index is 12.3. The van der Waals surface area contributed by atoms with E-state index in [9.17, 15) is 9.59 Å². The molecule has 0 aliphatic rings. The summed E-state index contributed by atoms with van der Waals surface area (Å²) in [4.78, 5) is 32.9. The number of benzene rings is 1. The van der Waals surface area contributed by atoms with Crippen molar-refractivity contribution in [1.82, 2.24) is 18.7 Å². The maximum absolute atomic E-state index is 12.3. The number of aryl methyl sites for hydroxylation is 2. The van der Waals surface area contributed by atoms with Crippen LogP contribution in [0.15, 0.2) is 32.8 Å². The lowest BCUT2D eigenvalue weighted by Crippen LogP contribution is -2.37. The summed E-state index contributed by atoms with van der Waals surface area (Å²) >= 11 is 12.2. The Balaban J connectivity index is 2.22. The quantitative estimate of drug-likeness (QED) is 0.652. The molecule has 2 aromatic heterocycles. The third-order valence-electron chi connectivity index (χ3n) is 3.76. The molecule has 0 aliphatic heterocycles. The molecule has 124 valence electrons. The Morgan fingerprint density at radius 2 is 1.67 bits per heavy atom. The summed E-state index contributed by atoms with van der Waals surface area (Å²) in [6.45, 7) is 0. The third kappa shape index (κ3) is 2.46. The van der Waals surface area contributed by atoms with Crippen molar-refractivity contribution in [3.63, 3.8) is 0 Å². The van der Waals surface area contributed by atoms with E-state index in [1.807, 2.05) is 0 Å². The molecule has 0 fully saturated rings. The fraction of sp³-hybridized carbons (Fsp3) is 0.200. The first-order valence-corrected chi connectivity index (χ1v) is 7.69. The Hall–Kier alpha value is -2.38. The first-order valence-electron chi connectivity index (χ1n) is 6.93. The monoisotopic (exact) mass is 365 g/mol. The lowest BCUT2D eigenvalue weighted by Gasteiger charge is -2.02. The predicted octanol–water partition coefficient (Wildman–Crippen LogP) is 2.03. The molecule has 9 heteroatoms. The van der Waals surface area contributed by atoms with Crippen LogP contribution in [0.25, 0.3) is 11.2 Å². The Morgan fingerprint density at radius 3 is 2.29 bits per heavy atom. The summed E-state index contributed by atoms with van der Waals surface area (Å²) in [5.41, 5.74) is 0.227. The fourth-order valence-electron chi connectivity index (χ4n) is 2.38. The van der Waals surface area contributed by atoms with Gasteiger partial charge in [0.2, 0.25) is 5.95 Å². The van der Waals surface area contributed by atoms with Crippen LogP contribution in [-0.4, -0.2) is 24.9 Å². The van der Waals surface area contributed by atoms with Crippen LogP contribution >= 0.6 is 23.2 Å². The van der Waals surface area contributed by atoms with Gasteiger partial charge in [-0.25, -0.2) is 9.79 Å². The van der Waals surface area contributed by atoms with E-state index in [2.05, 4.69) is 9.98 Å². The van der Waals surface area contributed by atoms with Gasteiger partial charge >= 0.3 is 5.69 Å². The normalized spacial score (nSPS) is 11.7. The second-order valence-electron chi connectivity index (χ2n) is 5.24. The molecule has 0 radical (unpaired) electrons. The van der Waals surface area contributed by atoms with Crippen molar-refractivity contribution in [3.05, 3.63) is 54.6 Å². The summed E-state index contributed by atoms with van der Waals surface area (Å²) in [6.07, 6.45) is 1.48. The molecule has 0 N–H and O–H groups in total. The standard InChI is InChI=1S/C15H13Cl2N5O2/c1-20-11-12(21(2)15(24)22(3)13(11)23)19-14(20)18-7-8-9(16)5-4-6-10(8)17/h4-7H,1-3H3. The van der Waals surface area contributed by atoms with Crippen LogP contribution < -0.4 is 11.2 Å². The SMILES string of the molecule is Cn1c(=O)c2c(nc(N=Cc3c(Cl)cccc3Cl)n2C)n(C)c1=O. The molecule has 0 bridgehead atoms. The molecule has 3 aromatic rings. The van der Waals surface area contributed by atoms with Gasteiger partial charge in [0.15, 0.2) is 11.2 Å². The van der Waals surface area contributed by atoms with Gasteiger partial charge < -0.3 is 4.57 Å². The number of rotatable bonds is 2. The van der Waals surface area contributed by atoms with Crippen molar-refractivity contribution in [2.45, 2.75) is 0 Å². The average Bonchev–Trinajstić information content (AvgIpc) is 2.87. The first kappa shape index (κ1) is 16.5. The molecular weight excluding hydrogens is 353 g/mol. The lowest BCUT2D eigenvalue weighted by molar-refractivity contribution is 0.705. The zero-order chi connectivity index (χ0) is 17.6. The molecule has 0 aliphatic carbocycles. The third-order valence-corrected chi connectivity index (χ3v) is 4.42. The molecule has 0 saturated carbocycles. The van der Waals surface area contributed by atoms with E-state index in [0.717, 1.165) is 4.57 Å². The van der Waals surface area contributed by atoms with Crippen LogP contribution in [0, 0.1) is 0 Å². The minimum absolute atomic E-state index is 0.263. The Labute approximate surface area is 146 Å². The molecule has 0 spiro atoms. The van der Waals surface area contributed by atoms with Crippen molar-refractivity contribution >= 4 is 46.5 Å². The van der Waals surface area contributed by atoms with Crippen LogP contribution in [-0.2, 0) is 21.1 Å². The molecule has 0 atom stereocenters. The Kier molecular flexibility index (Phi) is 4.06. The minimum atomic E-state index is -0.449. The summed E-state index contributed by atoms with van der Waals surface area (Å²) in [5.74, 6) is 0.263. The summed E-state index contributed by atoms with van der Waals surface area (Å²) in [7, 11) is 4.63. The highest BCUT2D eigenvalue weighted by Crippen LogP contribution is 2.23. The number of imidazole rings is 1. The van der Waals surface area contributed by atoms with Gasteiger partial charge in [0, 0.05) is 32.9 Å². The lowest BCUT2D eigenvalue weighted by atomic mass is 10.2. The Bertz CT molecular complexity index is 1090. The predicted molar refractivity (Wildman–Crippen MR) is 94.9 cm³/mol. The van der Waals surface area contributed by atoms with E-state index < -0.39 is 11.2 Å². The first-order chi connectivity index (χ1) is 11.3. The second kappa shape index (κ2) is 5.92. The average molecular weight is 366 g/mol. The highest BCUT2D eigenvalue weighted by Gasteiger charge is 2.16. The van der Waals surface area contributed by atoms with Gasteiger partial charge in [0.05, 0.1) is 10.0 Å². The van der Waals surface area contributed by atoms with E-state index in [0.29, 0.717) is 15.6 Å². The van der Waals surface area contributed by atoms with Crippen LogP contribution in [0.4, 0.5) is 5.95 Å². The number of hydrogen-bond donors (Lipinski definition) is 0. The Morgan fingerprint density at radius 1 is 1.04 bits per heavy atom. The van der Waals surface area contributed by atoms with Gasteiger partial charge in [-0.1, -0.05) is 29.3 Å². The number of fused-ring (bicyclic) bond motifs is 1. The van der Waals surface area contributed by atoms with Gasteiger partial charge in [-0.05, 0) is 12.1 Å². The molecule has 24 heavy (non-hydrogen) atoms. The fourth-order valence-corrected chi connectivity index (χ4v) is 2.87. The minimum Gasteiger partial charge on any atom is -0.306 e.